The van der Waals surface area contributed by atoms with Crippen molar-refractivity contribution in [1.82, 2.24) is 15.0 Å². The van der Waals surface area contributed by atoms with Crippen LogP contribution >= 0.6 is 0 Å². The summed E-state index contributed by atoms with van der Waals surface area (Å²) < 4.78 is 1.72. The number of hydrogen-bond acceptors (Lipinski definition) is 3. The number of nitrogens with zero attached hydrogens (tertiary/aromatic N) is 3. The molecule has 0 aliphatic heterocycles. The van der Waals surface area contributed by atoms with Gasteiger partial charge in [-0.3, -0.25) is 4.68 Å². The van der Waals surface area contributed by atoms with Gasteiger partial charge in [0.25, 0.3) is 0 Å². The average Bonchev–Trinajstić information content (AvgIpc) is 2.29. The molecule has 1 heterocycles. The number of nitrogens with two attached hydrogens (primary N) is 1. The predicted octanol–water partition coefficient (Wildman–Crippen LogP) is 1.22. The van der Waals surface area contributed by atoms with Crippen LogP contribution in [0.5, 0.6) is 0 Å². The summed E-state index contributed by atoms with van der Waals surface area (Å²) in [4.78, 5) is 0. The lowest BCUT2D eigenvalue weighted by Crippen LogP contribution is -2.39. The minimum atomic E-state index is -0.180. The molecule has 0 amide bonds. The molecule has 1 aromatic heterocycles. The van der Waals surface area contributed by atoms with Crippen molar-refractivity contribution >= 4 is 0 Å². The van der Waals surface area contributed by atoms with Crippen molar-refractivity contribution in [1.29, 1.82) is 0 Å². The zero-order valence-electron chi connectivity index (χ0n) is 9.70. The Bertz CT molecular complexity index is 306. The van der Waals surface area contributed by atoms with Crippen LogP contribution in [0.3, 0.4) is 0 Å². The standard InChI is InChI=1S/C10H20N4/c1-9(2,7-10(3,4)11)8-6-14(5)13-12-8/h6H,7,11H2,1-5H3. The smallest absolute Gasteiger partial charge is 0.0883 e. The second-order valence-corrected chi connectivity index (χ2v) is 5.33. The first kappa shape index (κ1) is 11.2. The highest BCUT2D eigenvalue weighted by atomic mass is 15.4. The maximum Gasteiger partial charge on any atom is 0.0883 e. The molecule has 0 fully saturated rings. The first-order valence-electron chi connectivity index (χ1n) is 4.86. The van der Waals surface area contributed by atoms with Gasteiger partial charge in [-0.1, -0.05) is 19.1 Å². The second kappa shape index (κ2) is 3.35. The van der Waals surface area contributed by atoms with E-state index < -0.39 is 0 Å². The summed E-state index contributed by atoms with van der Waals surface area (Å²) in [7, 11) is 1.88. The highest BCUT2D eigenvalue weighted by Crippen LogP contribution is 2.29. The molecule has 4 nitrogen and oxygen atoms in total. The molecular weight excluding hydrogens is 176 g/mol. The van der Waals surface area contributed by atoms with E-state index in [1.807, 2.05) is 27.1 Å². The third-order valence-electron chi connectivity index (χ3n) is 2.19. The molecule has 0 radical (unpaired) electrons. The van der Waals surface area contributed by atoms with Crippen molar-refractivity contribution in [2.24, 2.45) is 12.8 Å². The molecule has 1 aromatic rings. The molecule has 0 bridgehead atoms. The summed E-state index contributed by atoms with van der Waals surface area (Å²) in [6.07, 6.45) is 2.84. The van der Waals surface area contributed by atoms with Gasteiger partial charge in [-0.05, 0) is 20.3 Å². The minimum absolute atomic E-state index is 0.0213. The summed E-state index contributed by atoms with van der Waals surface area (Å²) in [5, 5.41) is 8.07. The third kappa shape index (κ3) is 2.80. The van der Waals surface area contributed by atoms with E-state index in [9.17, 15) is 0 Å². The van der Waals surface area contributed by atoms with E-state index in [0.717, 1.165) is 12.1 Å². The molecule has 0 atom stereocenters. The molecule has 0 saturated heterocycles. The SMILES string of the molecule is Cn1cc(C(C)(C)CC(C)(C)N)nn1. The van der Waals surface area contributed by atoms with Crippen molar-refractivity contribution in [2.75, 3.05) is 0 Å². The maximum absolute atomic E-state index is 6.01. The first-order chi connectivity index (χ1) is 6.21. The molecule has 80 valence electrons. The minimum Gasteiger partial charge on any atom is -0.326 e. The first-order valence-corrected chi connectivity index (χ1v) is 4.86. The summed E-state index contributed by atoms with van der Waals surface area (Å²) in [5.41, 5.74) is 6.81. The normalized spacial score (nSPS) is 13.3. The molecule has 4 heteroatoms. The van der Waals surface area contributed by atoms with Gasteiger partial charge in [-0.25, -0.2) is 0 Å². The summed E-state index contributed by atoms with van der Waals surface area (Å²) in [5.74, 6) is 0. The molecule has 0 aromatic carbocycles. The van der Waals surface area contributed by atoms with Gasteiger partial charge in [0.2, 0.25) is 0 Å². The fraction of sp³-hybridized carbons (Fsp3) is 0.800. The van der Waals surface area contributed by atoms with Crippen LogP contribution in [0.15, 0.2) is 6.20 Å². The molecule has 2 N–H and O–H groups in total. The van der Waals surface area contributed by atoms with Crippen LogP contribution in [0, 0.1) is 0 Å². The van der Waals surface area contributed by atoms with E-state index in [0.29, 0.717) is 0 Å². The molecule has 0 aliphatic rings. The Kier molecular flexibility index (Phi) is 2.67. The molecule has 0 aliphatic carbocycles. The van der Waals surface area contributed by atoms with Crippen LogP contribution in [-0.4, -0.2) is 20.5 Å². The van der Waals surface area contributed by atoms with E-state index in [2.05, 4.69) is 24.2 Å². The van der Waals surface area contributed by atoms with Crippen LogP contribution in [0.1, 0.15) is 39.8 Å². The highest BCUT2D eigenvalue weighted by Gasteiger charge is 2.29. The van der Waals surface area contributed by atoms with Crippen LogP contribution < -0.4 is 5.73 Å². The molecule has 0 saturated carbocycles. The summed E-state index contributed by atoms with van der Waals surface area (Å²) in [6.45, 7) is 8.35. The second-order valence-electron chi connectivity index (χ2n) is 5.33. The molecule has 0 spiro atoms. The summed E-state index contributed by atoms with van der Waals surface area (Å²) in [6, 6.07) is 0. The zero-order valence-corrected chi connectivity index (χ0v) is 9.70. The van der Waals surface area contributed by atoms with Crippen molar-refractivity contribution in [3.05, 3.63) is 11.9 Å². The predicted molar refractivity (Wildman–Crippen MR) is 56.9 cm³/mol. The highest BCUT2D eigenvalue weighted by molar-refractivity contribution is 5.10. The number of aromatic nitrogens is 3. The van der Waals surface area contributed by atoms with E-state index >= 15 is 0 Å². The topological polar surface area (TPSA) is 56.7 Å². The Morgan fingerprint density at radius 3 is 2.29 bits per heavy atom. The molecular formula is C10H20N4. The fourth-order valence-electron chi connectivity index (χ4n) is 1.89. The Labute approximate surface area is 85.5 Å². The number of aryl methyl sites for hydroxylation is 1. The van der Waals surface area contributed by atoms with E-state index in [1.165, 1.54) is 0 Å². The van der Waals surface area contributed by atoms with E-state index in [-0.39, 0.29) is 11.0 Å². The van der Waals surface area contributed by atoms with Gasteiger partial charge < -0.3 is 5.73 Å². The van der Waals surface area contributed by atoms with Crippen LogP contribution in [0.2, 0.25) is 0 Å². The summed E-state index contributed by atoms with van der Waals surface area (Å²) >= 11 is 0. The van der Waals surface area contributed by atoms with E-state index in [1.54, 1.807) is 4.68 Å². The van der Waals surface area contributed by atoms with Crippen LogP contribution in [0.25, 0.3) is 0 Å². The molecule has 1 rings (SSSR count). The molecule has 0 unspecified atom stereocenters. The number of rotatable bonds is 3. The van der Waals surface area contributed by atoms with Gasteiger partial charge in [-0.15, -0.1) is 5.10 Å². The Morgan fingerprint density at radius 1 is 1.36 bits per heavy atom. The van der Waals surface area contributed by atoms with Crippen molar-refractivity contribution in [3.8, 4) is 0 Å². The lowest BCUT2D eigenvalue weighted by Gasteiger charge is -2.30. The van der Waals surface area contributed by atoms with E-state index in [4.69, 9.17) is 5.73 Å². The van der Waals surface area contributed by atoms with Crippen molar-refractivity contribution in [2.45, 2.75) is 45.1 Å². The largest absolute Gasteiger partial charge is 0.326 e. The Balaban J connectivity index is 2.85. The monoisotopic (exact) mass is 196 g/mol. The fourth-order valence-corrected chi connectivity index (χ4v) is 1.89. The van der Waals surface area contributed by atoms with Gasteiger partial charge in [0.15, 0.2) is 0 Å². The van der Waals surface area contributed by atoms with Crippen molar-refractivity contribution in [3.63, 3.8) is 0 Å². The Hall–Kier alpha value is -0.900. The van der Waals surface area contributed by atoms with Gasteiger partial charge >= 0.3 is 0 Å². The van der Waals surface area contributed by atoms with Crippen molar-refractivity contribution < 1.29 is 0 Å². The van der Waals surface area contributed by atoms with Crippen LogP contribution in [0.4, 0.5) is 0 Å². The van der Waals surface area contributed by atoms with Gasteiger partial charge in [-0.2, -0.15) is 0 Å². The van der Waals surface area contributed by atoms with Gasteiger partial charge in [0, 0.05) is 24.2 Å². The third-order valence-corrected chi connectivity index (χ3v) is 2.19. The lowest BCUT2D eigenvalue weighted by molar-refractivity contribution is 0.344. The molecule has 14 heavy (non-hydrogen) atoms. The Morgan fingerprint density at radius 2 is 1.93 bits per heavy atom. The number of hydrogen-bond donors (Lipinski definition) is 1. The average molecular weight is 196 g/mol. The van der Waals surface area contributed by atoms with Gasteiger partial charge in [0.1, 0.15) is 0 Å². The quantitative estimate of drug-likeness (QED) is 0.790. The zero-order chi connectivity index (χ0) is 11.0. The lowest BCUT2D eigenvalue weighted by atomic mass is 9.78. The van der Waals surface area contributed by atoms with Gasteiger partial charge in [0.05, 0.1) is 5.69 Å². The maximum atomic E-state index is 6.01. The van der Waals surface area contributed by atoms with Crippen LogP contribution in [-0.2, 0) is 12.5 Å².